The first-order valence-electron chi connectivity index (χ1n) is 11.9. The minimum absolute atomic E-state index is 0.267. The zero-order valence-corrected chi connectivity index (χ0v) is 19.1. The topological polar surface area (TPSA) is 84.1 Å². The Morgan fingerprint density at radius 2 is 1.65 bits per heavy atom. The third-order valence-electron chi connectivity index (χ3n) is 6.79. The largest absolute Gasteiger partial charge is 0.368 e. The molecule has 2 aliphatic heterocycles. The Bertz CT molecular complexity index is 1370. The van der Waals surface area contributed by atoms with Crippen molar-refractivity contribution in [2.24, 2.45) is 0 Å². The van der Waals surface area contributed by atoms with Gasteiger partial charge in [0.15, 0.2) is 0 Å². The number of rotatable bonds is 4. The first-order valence-corrected chi connectivity index (χ1v) is 11.9. The Morgan fingerprint density at radius 3 is 2.44 bits per heavy atom. The molecule has 0 unspecified atom stereocenters. The molecule has 4 aromatic rings. The molecular formula is C27H27N7. The molecule has 0 aliphatic carbocycles. The third kappa shape index (κ3) is 3.63. The number of nitrogens with two attached hydrogens (primary N) is 1. The number of hydrogen-bond acceptors (Lipinski definition) is 7. The second kappa shape index (κ2) is 8.41. The molecule has 0 atom stereocenters. The quantitative estimate of drug-likeness (QED) is 0.469. The van der Waals surface area contributed by atoms with E-state index in [0.717, 1.165) is 65.9 Å². The van der Waals surface area contributed by atoms with Crippen molar-refractivity contribution in [3.05, 3.63) is 66.5 Å². The number of nitrogen functional groups attached to an aromatic ring is 1. The van der Waals surface area contributed by atoms with Crippen molar-refractivity contribution in [3.8, 4) is 11.3 Å². The summed E-state index contributed by atoms with van der Waals surface area (Å²) in [7, 11) is 0. The van der Waals surface area contributed by atoms with Gasteiger partial charge in [0.2, 0.25) is 11.9 Å². The predicted octanol–water partition coefficient (Wildman–Crippen LogP) is 5.00. The Hall–Kier alpha value is -4.00. The van der Waals surface area contributed by atoms with Crippen LogP contribution in [-0.2, 0) is 6.42 Å². The highest BCUT2D eigenvalue weighted by Crippen LogP contribution is 2.40. The predicted molar refractivity (Wildman–Crippen MR) is 138 cm³/mol. The van der Waals surface area contributed by atoms with Crippen molar-refractivity contribution in [3.63, 3.8) is 0 Å². The Kier molecular flexibility index (Phi) is 5.09. The lowest BCUT2D eigenvalue weighted by molar-refractivity contribution is 0.568. The number of nitrogens with zero attached hydrogens (tertiary/aromatic N) is 6. The number of aromatic nitrogens is 4. The van der Waals surface area contributed by atoms with E-state index >= 15 is 0 Å². The number of fused-ring (bicyclic) bond motifs is 2. The van der Waals surface area contributed by atoms with Crippen molar-refractivity contribution in [1.29, 1.82) is 0 Å². The minimum atomic E-state index is 0.267. The standard InChI is InChI=1S/C27H27N7/c1-2-18-6-7-20-15-22(9-8-19(20)14-18)34-13-10-23-24(21-16-29-26(28)30-17-21)31-27(32-25(23)34)33-11-4-3-5-12-33/h2,6-9,14-17H,1,3-5,10-13H2,(H2,28,29,30). The van der Waals surface area contributed by atoms with E-state index < -0.39 is 0 Å². The Labute approximate surface area is 199 Å². The van der Waals surface area contributed by atoms with Crippen molar-refractivity contribution in [2.75, 3.05) is 35.2 Å². The van der Waals surface area contributed by atoms with Crippen LogP contribution in [0.3, 0.4) is 0 Å². The molecule has 7 nitrogen and oxygen atoms in total. The van der Waals surface area contributed by atoms with Crippen molar-refractivity contribution < 1.29 is 0 Å². The summed E-state index contributed by atoms with van der Waals surface area (Å²) in [6.45, 7) is 6.71. The summed E-state index contributed by atoms with van der Waals surface area (Å²) in [4.78, 5) is 23.2. The number of anilines is 4. The third-order valence-corrected chi connectivity index (χ3v) is 6.79. The van der Waals surface area contributed by atoms with E-state index in [1.54, 1.807) is 12.4 Å². The fourth-order valence-corrected chi connectivity index (χ4v) is 4.98. The molecule has 2 aliphatic rings. The van der Waals surface area contributed by atoms with Crippen LogP contribution in [0.1, 0.15) is 30.4 Å². The van der Waals surface area contributed by atoms with E-state index in [9.17, 15) is 0 Å². The van der Waals surface area contributed by atoms with Gasteiger partial charge in [-0.2, -0.15) is 4.98 Å². The second-order valence-corrected chi connectivity index (χ2v) is 8.95. The van der Waals surface area contributed by atoms with Crippen LogP contribution in [0.4, 0.5) is 23.4 Å². The van der Waals surface area contributed by atoms with E-state index in [2.05, 4.69) is 62.7 Å². The van der Waals surface area contributed by atoms with Gasteiger partial charge in [0.1, 0.15) is 5.82 Å². The maximum atomic E-state index is 5.75. The van der Waals surface area contributed by atoms with Crippen LogP contribution in [0.15, 0.2) is 55.4 Å². The van der Waals surface area contributed by atoms with Gasteiger partial charge in [-0.15, -0.1) is 0 Å². The number of hydrogen-bond donors (Lipinski definition) is 1. The van der Waals surface area contributed by atoms with E-state index in [-0.39, 0.29) is 5.95 Å². The molecule has 2 aromatic heterocycles. The molecule has 2 aromatic carbocycles. The molecule has 1 saturated heterocycles. The van der Waals surface area contributed by atoms with Crippen molar-refractivity contribution in [1.82, 2.24) is 19.9 Å². The summed E-state index contributed by atoms with van der Waals surface area (Å²) in [5.74, 6) is 2.03. The van der Waals surface area contributed by atoms with Crippen molar-refractivity contribution in [2.45, 2.75) is 25.7 Å². The summed E-state index contributed by atoms with van der Waals surface area (Å²) in [5, 5.41) is 2.41. The van der Waals surface area contributed by atoms with Crippen LogP contribution in [0, 0.1) is 0 Å². The molecule has 6 rings (SSSR count). The lowest BCUT2D eigenvalue weighted by Crippen LogP contribution is -2.31. The molecule has 2 N–H and O–H groups in total. The summed E-state index contributed by atoms with van der Waals surface area (Å²) < 4.78 is 0. The highest BCUT2D eigenvalue weighted by molar-refractivity contribution is 5.89. The van der Waals surface area contributed by atoms with Gasteiger partial charge < -0.3 is 15.5 Å². The second-order valence-electron chi connectivity index (χ2n) is 8.95. The number of benzene rings is 2. The average Bonchev–Trinajstić information content (AvgIpc) is 3.32. The molecule has 0 radical (unpaired) electrons. The fourth-order valence-electron chi connectivity index (χ4n) is 4.98. The summed E-state index contributed by atoms with van der Waals surface area (Å²) in [6, 6.07) is 13.0. The molecule has 7 heteroatoms. The van der Waals surface area contributed by atoms with Gasteiger partial charge >= 0.3 is 0 Å². The molecule has 0 saturated carbocycles. The van der Waals surface area contributed by atoms with Crippen LogP contribution < -0.4 is 15.5 Å². The zero-order chi connectivity index (χ0) is 23.1. The monoisotopic (exact) mass is 449 g/mol. The zero-order valence-electron chi connectivity index (χ0n) is 19.1. The summed E-state index contributed by atoms with van der Waals surface area (Å²) in [5.41, 5.74) is 10.9. The van der Waals surface area contributed by atoms with Crippen LogP contribution in [0.5, 0.6) is 0 Å². The van der Waals surface area contributed by atoms with Crippen molar-refractivity contribution >= 4 is 40.3 Å². The summed E-state index contributed by atoms with van der Waals surface area (Å²) in [6.07, 6.45) is 9.87. The molecular weight excluding hydrogens is 422 g/mol. The van der Waals surface area contributed by atoms with Gasteiger partial charge in [-0.3, -0.25) is 0 Å². The van der Waals surface area contributed by atoms with Crippen LogP contribution in [0.2, 0.25) is 0 Å². The van der Waals surface area contributed by atoms with Crippen LogP contribution >= 0.6 is 0 Å². The molecule has 0 spiro atoms. The van der Waals surface area contributed by atoms with E-state index in [1.165, 1.54) is 30.0 Å². The van der Waals surface area contributed by atoms with Gasteiger partial charge in [-0.1, -0.05) is 30.9 Å². The first kappa shape index (κ1) is 20.6. The highest BCUT2D eigenvalue weighted by Gasteiger charge is 2.29. The van der Waals surface area contributed by atoms with Gasteiger partial charge in [0.25, 0.3) is 0 Å². The number of piperidine rings is 1. The van der Waals surface area contributed by atoms with Gasteiger partial charge in [0.05, 0.1) is 5.69 Å². The summed E-state index contributed by atoms with van der Waals surface area (Å²) >= 11 is 0. The smallest absolute Gasteiger partial charge is 0.227 e. The molecule has 4 heterocycles. The fraction of sp³-hybridized carbons (Fsp3) is 0.259. The molecule has 1 fully saturated rings. The van der Waals surface area contributed by atoms with E-state index in [1.807, 2.05) is 6.08 Å². The average molecular weight is 450 g/mol. The maximum absolute atomic E-state index is 5.75. The van der Waals surface area contributed by atoms with E-state index in [0.29, 0.717) is 0 Å². The molecule has 170 valence electrons. The Balaban J connectivity index is 1.46. The van der Waals surface area contributed by atoms with Gasteiger partial charge in [-0.25, -0.2) is 15.0 Å². The van der Waals surface area contributed by atoms with Crippen LogP contribution in [0.25, 0.3) is 28.1 Å². The van der Waals surface area contributed by atoms with E-state index in [4.69, 9.17) is 15.7 Å². The molecule has 0 amide bonds. The van der Waals surface area contributed by atoms with Crippen LogP contribution in [-0.4, -0.2) is 39.6 Å². The molecule has 0 bridgehead atoms. The lowest BCUT2D eigenvalue weighted by atomic mass is 10.1. The Morgan fingerprint density at radius 1 is 0.882 bits per heavy atom. The SMILES string of the molecule is C=Cc1ccc2cc(N3CCc4c(-c5cnc(N)nc5)nc(N5CCCCC5)nc43)ccc2c1. The first-order chi connectivity index (χ1) is 16.7. The minimum Gasteiger partial charge on any atom is -0.368 e. The molecule has 34 heavy (non-hydrogen) atoms. The van der Waals surface area contributed by atoms with Gasteiger partial charge in [0, 0.05) is 48.8 Å². The lowest BCUT2D eigenvalue weighted by Gasteiger charge is -2.28. The maximum Gasteiger partial charge on any atom is 0.227 e. The van der Waals surface area contributed by atoms with Gasteiger partial charge in [-0.05, 0) is 60.2 Å². The normalized spacial score (nSPS) is 15.5. The highest BCUT2D eigenvalue weighted by atomic mass is 15.3.